The molecule has 2 aliphatic heterocycles. The predicted octanol–water partition coefficient (Wildman–Crippen LogP) is 0.572. The van der Waals surface area contributed by atoms with Crippen LogP contribution in [0.4, 0.5) is 0 Å². The first-order chi connectivity index (χ1) is 12.1. The zero-order valence-corrected chi connectivity index (χ0v) is 15.0. The zero-order valence-electron chi connectivity index (χ0n) is 14.2. The Hall–Kier alpha value is -1.77. The maximum Gasteiger partial charge on any atom is 0.151 e. The molecule has 2 saturated heterocycles. The van der Waals surface area contributed by atoms with E-state index >= 15 is 0 Å². The summed E-state index contributed by atoms with van der Waals surface area (Å²) in [5.74, 6) is 0.679. The van der Waals surface area contributed by atoms with Crippen LogP contribution in [0.2, 0.25) is 0 Å². The topological polar surface area (TPSA) is 71.3 Å². The van der Waals surface area contributed by atoms with Gasteiger partial charge in [-0.3, -0.25) is 9.80 Å². The molecule has 1 atom stereocenters. The lowest BCUT2D eigenvalue weighted by atomic mass is 10.2. The SMILES string of the molecule is O=S1(=O)CCC(N2CCN(Cc3cn(-c4ccccc4)nn3)CC2)C1. The summed E-state index contributed by atoms with van der Waals surface area (Å²) in [5.41, 5.74) is 1.97. The van der Waals surface area contributed by atoms with Gasteiger partial charge in [-0.25, -0.2) is 13.1 Å². The molecule has 0 spiro atoms. The van der Waals surface area contributed by atoms with E-state index in [9.17, 15) is 8.42 Å². The Kier molecular flexibility index (Phi) is 4.58. The fraction of sp³-hybridized carbons (Fsp3) is 0.529. The van der Waals surface area contributed by atoms with Crippen LogP contribution in [0.5, 0.6) is 0 Å². The van der Waals surface area contributed by atoms with Gasteiger partial charge in [-0.05, 0) is 18.6 Å². The molecule has 8 heteroatoms. The normalized spacial score (nSPS) is 24.6. The molecule has 4 rings (SSSR count). The first-order valence-corrected chi connectivity index (χ1v) is 10.5. The van der Waals surface area contributed by atoms with Crippen LogP contribution < -0.4 is 0 Å². The molecule has 2 fully saturated rings. The summed E-state index contributed by atoms with van der Waals surface area (Å²) in [6.07, 6.45) is 2.76. The second-order valence-corrected chi connectivity index (χ2v) is 9.09. The second kappa shape index (κ2) is 6.86. The fourth-order valence-corrected chi connectivity index (χ4v) is 5.42. The average molecular weight is 361 g/mol. The lowest BCUT2D eigenvalue weighted by Crippen LogP contribution is -2.50. The molecular weight excluding hydrogens is 338 g/mol. The molecule has 2 aliphatic rings. The molecule has 0 aliphatic carbocycles. The van der Waals surface area contributed by atoms with Gasteiger partial charge in [0.2, 0.25) is 0 Å². The minimum absolute atomic E-state index is 0.214. The van der Waals surface area contributed by atoms with Crippen LogP contribution in [0.3, 0.4) is 0 Å². The molecule has 0 amide bonds. The van der Waals surface area contributed by atoms with E-state index in [0.717, 1.165) is 50.5 Å². The van der Waals surface area contributed by atoms with Gasteiger partial charge < -0.3 is 0 Å². The molecule has 0 radical (unpaired) electrons. The second-order valence-electron chi connectivity index (χ2n) is 6.86. The van der Waals surface area contributed by atoms with Gasteiger partial charge in [0, 0.05) is 38.8 Å². The first kappa shape index (κ1) is 16.7. The van der Waals surface area contributed by atoms with E-state index in [-0.39, 0.29) is 6.04 Å². The van der Waals surface area contributed by atoms with Gasteiger partial charge in [0.25, 0.3) is 0 Å². The largest absolute Gasteiger partial charge is 0.297 e. The number of para-hydroxylation sites is 1. The van der Waals surface area contributed by atoms with Crippen LogP contribution in [-0.4, -0.2) is 76.9 Å². The Morgan fingerprint density at radius 2 is 1.84 bits per heavy atom. The third-order valence-electron chi connectivity index (χ3n) is 5.08. The van der Waals surface area contributed by atoms with E-state index in [1.807, 2.05) is 36.5 Å². The van der Waals surface area contributed by atoms with Crippen LogP contribution in [0, 0.1) is 0 Å². The lowest BCUT2D eigenvalue weighted by molar-refractivity contribution is 0.0992. The summed E-state index contributed by atoms with van der Waals surface area (Å²) in [6, 6.07) is 10.2. The highest BCUT2D eigenvalue weighted by Crippen LogP contribution is 2.19. The molecule has 3 heterocycles. The minimum Gasteiger partial charge on any atom is -0.297 e. The molecule has 0 N–H and O–H groups in total. The number of rotatable bonds is 4. The Balaban J connectivity index is 1.31. The highest BCUT2D eigenvalue weighted by molar-refractivity contribution is 7.91. The van der Waals surface area contributed by atoms with Crippen molar-refractivity contribution >= 4 is 9.84 Å². The highest BCUT2D eigenvalue weighted by atomic mass is 32.2. The molecule has 7 nitrogen and oxygen atoms in total. The summed E-state index contributed by atoms with van der Waals surface area (Å²) < 4.78 is 25.1. The van der Waals surface area contributed by atoms with E-state index in [1.54, 1.807) is 4.68 Å². The predicted molar refractivity (Wildman–Crippen MR) is 95.3 cm³/mol. The van der Waals surface area contributed by atoms with Crippen LogP contribution >= 0.6 is 0 Å². The number of hydrogen-bond acceptors (Lipinski definition) is 6. The molecule has 25 heavy (non-hydrogen) atoms. The molecule has 1 unspecified atom stereocenters. The zero-order chi connectivity index (χ0) is 17.3. The Bertz CT molecular complexity index is 813. The highest BCUT2D eigenvalue weighted by Gasteiger charge is 2.33. The molecule has 1 aromatic carbocycles. The number of sulfone groups is 1. The third-order valence-corrected chi connectivity index (χ3v) is 6.83. The molecule has 2 aromatic rings. The van der Waals surface area contributed by atoms with Gasteiger partial charge in [-0.2, -0.15) is 0 Å². The van der Waals surface area contributed by atoms with E-state index < -0.39 is 9.84 Å². The summed E-state index contributed by atoms with van der Waals surface area (Å²) in [7, 11) is -2.81. The fourth-order valence-electron chi connectivity index (χ4n) is 3.66. The maximum absolute atomic E-state index is 11.7. The van der Waals surface area contributed by atoms with E-state index in [0.29, 0.717) is 11.5 Å². The van der Waals surface area contributed by atoms with Crippen molar-refractivity contribution in [2.45, 2.75) is 19.0 Å². The van der Waals surface area contributed by atoms with Gasteiger partial charge >= 0.3 is 0 Å². The van der Waals surface area contributed by atoms with Crippen molar-refractivity contribution < 1.29 is 8.42 Å². The van der Waals surface area contributed by atoms with Crippen molar-refractivity contribution in [3.63, 3.8) is 0 Å². The Morgan fingerprint density at radius 3 is 2.52 bits per heavy atom. The molecular formula is C17H23N5O2S. The standard InChI is InChI=1S/C17H23N5O2S/c23-25(24)11-6-17(14-25)21-9-7-20(8-10-21)12-15-13-22(19-18-15)16-4-2-1-3-5-16/h1-5,13,17H,6-12,14H2. The Labute approximate surface area is 148 Å². The summed E-state index contributed by atoms with van der Waals surface area (Å²) >= 11 is 0. The number of aromatic nitrogens is 3. The van der Waals surface area contributed by atoms with Gasteiger partial charge in [-0.15, -0.1) is 5.10 Å². The Morgan fingerprint density at radius 1 is 1.08 bits per heavy atom. The molecule has 0 bridgehead atoms. The van der Waals surface area contributed by atoms with Crippen LogP contribution in [-0.2, 0) is 16.4 Å². The van der Waals surface area contributed by atoms with Crippen molar-refractivity contribution in [2.75, 3.05) is 37.7 Å². The number of nitrogens with zero attached hydrogens (tertiary/aromatic N) is 5. The van der Waals surface area contributed by atoms with Gasteiger partial charge in [0.1, 0.15) is 0 Å². The monoisotopic (exact) mass is 361 g/mol. The molecule has 0 saturated carbocycles. The number of piperazine rings is 1. The lowest BCUT2D eigenvalue weighted by Gasteiger charge is -2.37. The quantitative estimate of drug-likeness (QED) is 0.793. The summed E-state index contributed by atoms with van der Waals surface area (Å²) in [6.45, 7) is 4.51. The van der Waals surface area contributed by atoms with E-state index in [2.05, 4.69) is 20.1 Å². The maximum atomic E-state index is 11.7. The van der Waals surface area contributed by atoms with Crippen molar-refractivity contribution in [3.05, 3.63) is 42.2 Å². The van der Waals surface area contributed by atoms with Crippen LogP contribution in [0.15, 0.2) is 36.5 Å². The van der Waals surface area contributed by atoms with Crippen molar-refractivity contribution in [2.24, 2.45) is 0 Å². The smallest absolute Gasteiger partial charge is 0.151 e. The van der Waals surface area contributed by atoms with Crippen LogP contribution in [0.25, 0.3) is 5.69 Å². The van der Waals surface area contributed by atoms with Crippen molar-refractivity contribution in [1.29, 1.82) is 0 Å². The van der Waals surface area contributed by atoms with E-state index in [4.69, 9.17) is 0 Å². The average Bonchev–Trinajstić information content (AvgIpc) is 3.23. The van der Waals surface area contributed by atoms with Gasteiger partial charge in [-0.1, -0.05) is 23.4 Å². The minimum atomic E-state index is -2.81. The van der Waals surface area contributed by atoms with Crippen molar-refractivity contribution in [3.8, 4) is 5.69 Å². The van der Waals surface area contributed by atoms with E-state index in [1.165, 1.54) is 0 Å². The number of hydrogen-bond donors (Lipinski definition) is 0. The first-order valence-electron chi connectivity index (χ1n) is 8.72. The van der Waals surface area contributed by atoms with Gasteiger partial charge in [0.15, 0.2) is 9.84 Å². The van der Waals surface area contributed by atoms with Gasteiger partial charge in [0.05, 0.1) is 29.1 Å². The molecule has 134 valence electrons. The summed E-state index contributed by atoms with van der Waals surface area (Å²) in [4.78, 5) is 4.70. The van der Waals surface area contributed by atoms with Crippen molar-refractivity contribution in [1.82, 2.24) is 24.8 Å². The third kappa shape index (κ3) is 3.91. The van der Waals surface area contributed by atoms with Crippen LogP contribution in [0.1, 0.15) is 12.1 Å². The number of benzene rings is 1. The molecule has 1 aromatic heterocycles. The summed E-state index contributed by atoms with van der Waals surface area (Å²) in [5, 5.41) is 8.49.